The van der Waals surface area contributed by atoms with Gasteiger partial charge in [0.15, 0.2) is 0 Å². The molecule has 0 aliphatic heterocycles. The highest BCUT2D eigenvalue weighted by Gasteiger charge is 2.03. The lowest BCUT2D eigenvalue weighted by molar-refractivity contribution is 0.199. The first kappa shape index (κ1) is 14.2. The summed E-state index contributed by atoms with van der Waals surface area (Å²) in [7, 11) is 1.71. The average Bonchev–Trinajstić information content (AvgIpc) is 3.01. The third-order valence-electron chi connectivity index (χ3n) is 2.86. The van der Waals surface area contributed by atoms with Gasteiger partial charge in [-0.15, -0.1) is 11.3 Å². The Morgan fingerprint density at radius 1 is 1.47 bits per heavy atom. The van der Waals surface area contributed by atoms with Gasteiger partial charge in [0, 0.05) is 44.7 Å². The van der Waals surface area contributed by atoms with Crippen LogP contribution in [-0.4, -0.2) is 34.8 Å². The Morgan fingerprint density at radius 3 is 3.11 bits per heavy atom. The van der Waals surface area contributed by atoms with Crippen LogP contribution in [0, 0.1) is 6.92 Å². The number of aromatic nitrogens is 3. The first-order valence-electron chi connectivity index (χ1n) is 6.39. The zero-order valence-electron chi connectivity index (χ0n) is 11.4. The molecule has 0 saturated heterocycles. The number of nitrogens with zero attached hydrogens (tertiary/aromatic N) is 3. The first-order valence-corrected chi connectivity index (χ1v) is 7.27. The fourth-order valence-electron chi connectivity index (χ4n) is 1.85. The lowest BCUT2D eigenvalue weighted by atomic mass is 10.3. The third kappa shape index (κ3) is 4.41. The average molecular weight is 280 g/mol. The first-order chi connectivity index (χ1) is 9.29. The molecular formula is C13H20N4OS. The zero-order valence-corrected chi connectivity index (χ0v) is 12.2. The van der Waals surface area contributed by atoms with Crippen LogP contribution in [0.25, 0.3) is 0 Å². The van der Waals surface area contributed by atoms with Crippen molar-refractivity contribution in [3.05, 3.63) is 34.3 Å². The summed E-state index contributed by atoms with van der Waals surface area (Å²) < 4.78 is 7.18. The Morgan fingerprint density at radius 2 is 2.37 bits per heavy atom. The van der Waals surface area contributed by atoms with E-state index in [1.165, 1.54) is 5.69 Å². The second kappa shape index (κ2) is 7.37. The normalized spacial score (nSPS) is 11.1. The molecule has 5 nitrogen and oxygen atoms in total. The van der Waals surface area contributed by atoms with Crippen molar-refractivity contribution in [2.75, 3.05) is 20.3 Å². The van der Waals surface area contributed by atoms with Gasteiger partial charge in [-0.05, 0) is 6.92 Å². The predicted molar refractivity (Wildman–Crippen MR) is 76.4 cm³/mol. The summed E-state index contributed by atoms with van der Waals surface area (Å²) in [4.78, 5) is 8.69. The molecule has 0 unspecified atom stereocenters. The molecule has 0 radical (unpaired) electrons. The topological polar surface area (TPSA) is 52.0 Å². The number of aryl methyl sites for hydroxylation is 3. The molecule has 0 amide bonds. The molecular weight excluding hydrogens is 260 g/mol. The van der Waals surface area contributed by atoms with Crippen molar-refractivity contribution in [3.63, 3.8) is 0 Å². The van der Waals surface area contributed by atoms with Crippen molar-refractivity contribution in [3.8, 4) is 0 Å². The van der Waals surface area contributed by atoms with Gasteiger partial charge in [0.1, 0.15) is 0 Å². The van der Waals surface area contributed by atoms with Crippen LogP contribution in [0.4, 0.5) is 0 Å². The van der Waals surface area contributed by atoms with E-state index in [1.54, 1.807) is 18.4 Å². The van der Waals surface area contributed by atoms with Crippen LogP contribution in [0.2, 0.25) is 0 Å². The molecule has 0 atom stereocenters. The fraction of sp³-hybridized carbons (Fsp3) is 0.538. The van der Waals surface area contributed by atoms with Crippen LogP contribution in [0.3, 0.4) is 0 Å². The van der Waals surface area contributed by atoms with Crippen LogP contribution in [0.5, 0.6) is 0 Å². The maximum atomic E-state index is 5.01. The Kier molecular flexibility index (Phi) is 5.50. The molecule has 0 aromatic carbocycles. The van der Waals surface area contributed by atoms with Crippen LogP contribution in [0.15, 0.2) is 17.9 Å². The third-order valence-corrected chi connectivity index (χ3v) is 3.69. The van der Waals surface area contributed by atoms with E-state index >= 15 is 0 Å². The van der Waals surface area contributed by atoms with Crippen LogP contribution < -0.4 is 5.32 Å². The van der Waals surface area contributed by atoms with E-state index in [1.807, 2.05) is 19.4 Å². The summed E-state index contributed by atoms with van der Waals surface area (Å²) in [5.41, 5.74) is 2.36. The lowest BCUT2D eigenvalue weighted by Gasteiger charge is -2.08. The summed E-state index contributed by atoms with van der Waals surface area (Å²) >= 11 is 1.70. The van der Waals surface area contributed by atoms with Crippen LogP contribution in [0.1, 0.15) is 16.4 Å². The van der Waals surface area contributed by atoms with Gasteiger partial charge >= 0.3 is 0 Å². The van der Waals surface area contributed by atoms with E-state index in [9.17, 15) is 0 Å². The zero-order chi connectivity index (χ0) is 13.5. The van der Waals surface area contributed by atoms with E-state index < -0.39 is 0 Å². The number of hydrogen-bond acceptors (Lipinski definition) is 5. The van der Waals surface area contributed by atoms with E-state index in [2.05, 4.69) is 25.2 Å². The number of imidazole rings is 1. The minimum atomic E-state index is 0.728. The summed E-state index contributed by atoms with van der Waals surface area (Å²) in [5, 5.41) is 6.59. The molecule has 104 valence electrons. The maximum absolute atomic E-state index is 5.01. The van der Waals surface area contributed by atoms with E-state index in [0.29, 0.717) is 0 Å². The molecule has 0 fully saturated rings. The van der Waals surface area contributed by atoms with Crippen LogP contribution in [-0.2, 0) is 24.2 Å². The van der Waals surface area contributed by atoms with Gasteiger partial charge in [0.05, 0.1) is 29.3 Å². The highest BCUT2D eigenvalue weighted by molar-refractivity contribution is 7.09. The molecule has 0 bridgehead atoms. The quantitative estimate of drug-likeness (QED) is 0.747. The number of hydrogen-bond donors (Lipinski definition) is 1. The van der Waals surface area contributed by atoms with Crippen LogP contribution >= 0.6 is 11.3 Å². The number of rotatable bonds is 8. The molecule has 2 aromatic heterocycles. The number of nitrogens with one attached hydrogen (secondary N) is 1. The molecule has 19 heavy (non-hydrogen) atoms. The van der Waals surface area contributed by atoms with Gasteiger partial charge in [-0.1, -0.05) is 0 Å². The highest BCUT2D eigenvalue weighted by atomic mass is 32.1. The van der Waals surface area contributed by atoms with E-state index in [4.69, 9.17) is 4.74 Å². The largest absolute Gasteiger partial charge is 0.383 e. The Labute approximate surface area is 117 Å². The van der Waals surface area contributed by atoms with Gasteiger partial charge in [0.25, 0.3) is 0 Å². The molecule has 2 heterocycles. The van der Waals surface area contributed by atoms with Crippen molar-refractivity contribution in [2.24, 2.45) is 0 Å². The summed E-state index contributed by atoms with van der Waals surface area (Å²) in [6.45, 7) is 5.36. The Balaban J connectivity index is 1.81. The molecule has 1 N–H and O–H groups in total. The van der Waals surface area contributed by atoms with Crippen molar-refractivity contribution < 1.29 is 4.74 Å². The minimum absolute atomic E-state index is 0.728. The molecule has 2 aromatic rings. The monoisotopic (exact) mass is 280 g/mol. The predicted octanol–water partition coefficient (Wildman–Crippen LogP) is 1.63. The second-order valence-corrected chi connectivity index (χ2v) is 5.42. The SMILES string of the molecule is COCCNCc1cncn1CCc1csc(C)n1. The molecule has 6 heteroatoms. The molecule has 0 spiro atoms. The molecule has 0 aliphatic carbocycles. The van der Waals surface area contributed by atoms with Gasteiger partial charge in [-0.25, -0.2) is 9.97 Å². The number of thiazole rings is 1. The fourth-order valence-corrected chi connectivity index (χ4v) is 2.49. The second-order valence-electron chi connectivity index (χ2n) is 4.36. The molecule has 2 rings (SSSR count). The Bertz CT molecular complexity index is 494. The molecule has 0 saturated carbocycles. The number of methoxy groups -OCH3 is 1. The van der Waals surface area contributed by atoms with E-state index in [-0.39, 0.29) is 0 Å². The Hall–Kier alpha value is -1.24. The highest BCUT2D eigenvalue weighted by Crippen LogP contribution is 2.10. The van der Waals surface area contributed by atoms with Gasteiger partial charge in [-0.2, -0.15) is 0 Å². The van der Waals surface area contributed by atoms with E-state index in [0.717, 1.165) is 43.4 Å². The van der Waals surface area contributed by atoms with Gasteiger partial charge in [-0.3, -0.25) is 0 Å². The summed E-state index contributed by atoms with van der Waals surface area (Å²) in [6, 6.07) is 0. The minimum Gasteiger partial charge on any atom is -0.383 e. The van der Waals surface area contributed by atoms with Crippen molar-refractivity contribution >= 4 is 11.3 Å². The smallest absolute Gasteiger partial charge is 0.0948 e. The molecule has 0 aliphatic rings. The summed E-state index contributed by atoms with van der Waals surface area (Å²) in [5.74, 6) is 0. The summed E-state index contributed by atoms with van der Waals surface area (Å²) in [6.07, 6.45) is 4.74. The number of ether oxygens (including phenoxy) is 1. The maximum Gasteiger partial charge on any atom is 0.0948 e. The standard InChI is InChI=1S/C13H20N4OS/c1-11-16-12(9-19-11)3-5-17-10-15-8-13(17)7-14-4-6-18-2/h8-10,14H,3-7H2,1-2H3. The van der Waals surface area contributed by atoms with Crippen molar-refractivity contribution in [1.29, 1.82) is 0 Å². The van der Waals surface area contributed by atoms with Gasteiger partial charge < -0.3 is 14.6 Å². The van der Waals surface area contributed by atoms with Crippen molar-refractivity contribution in [2.45, 2.75) is 26.4 Å². The van der Waals surface area contributed by atoms with Crippen molar-refractivity contribution in [1.82, 2.24) is 19.9 Å². The lowest BCUT2D eigenvalue weighted by Crippen LogP contribution is -2.20. The van der Waals surface area contributed by atoms with Gasteiger partial charge in [0.2, 0.25) is 0 Å².